The lowest BCUT2D eigenvalue weighted by Gasteiger charge is -2.14. The van der Waals surface area contributed by atoms with Crippen molar-refractivity contribution in [1.82, 2.24) is 15.1 Å². The number of benzene rings is 1. The molecule has 0 aliphatic heterocycles. The van der Waals surface area contributed by atoms with Gasteiger partial charge in [0.2, 0.25) is 0 Å². The predicted molar refractivity (Wildman–Crippen MR) is 71.5 cm³/mol. The molecule has 0 saturated carbocycles. The number of aryl methyl sites for hydroxylation is 1. The van der Waals surface area contributed by atoms with Crippen LogP contribution in [0, 0.1) is 0 Å². The summed E-state index contributed by atoms with van der Waals surface area (Å²) in [4.78, 5) is 0. The van der Waals surface area contributed by atoms with Crippen LogP contribution in [-0.4, -0.2) is 16.9 Å². The van der Waals surface area contributed by atoms with Crippen LogP contribution in [0.4, 0.5) is 0 Å². The molecule has 0 amide bonds. The van der Waals surface area contributed by atoms with Crippen molar-refractivity contribution in [3.8, 4) is 5.75 Å². The Morgan fingerprint density at radius 2 is 2.06 bits per heavy atom. The number of methoxy groups -OCH3 is 1. The van der Waals surface area contributed by atoms with Gasteiger partial charge in [-0.25, -0.2) is 0 Å². The van der Waals surface area contributed by atoms with Crippen LogP contribution < -0.4 is 10.1 Å². The zero-order chi connectivity index (χ0) is 13.0. The second kappa shape index (κ2) is 5.69. The number of hydrogen-bond donors (Lipinski definition) is 1. The van der Waals surface area contributed by atoms with Crippen LogP contribution >= 0.6 is 0 Å². The standard InChI is InChI=1S/C14H19N3O/c1-11(13-4-6-14(18-3)7-5-13)15-8-12-9-16-17(2)10-12/h4-7,9-11,15H,8H2,1-3H3/t11-/m0/s1. The molecular formula is C14H19N3O. The number of ether oxygens (including phenoxy) is 1. The van der Waals surface area contributed by atoms with Gasteiger partial charge in [0, 0.05) is 31.4 Å². The summed E-state index contributed by atoms with van der Waals surface area (Å²) in [5.74, 6) is 0.887. The lowest BCUT2D eigenvalue weighted by atomic mass is 10.1. The van der Waals surface area contributed by atoms with E-state index in [9.17, 15) is 0 Å². The summed E-state index contributed by atoms with van der Waals surface area (Å²) in [6, 6.07) is 8.44. The smallest absolute Gasteiger partial charge is 0.118 e. The predicted octanol–water partition coefficient (Wildman–Crippen LogP) is 2.28. The molecule has 96 valence electrons. The van der Waals surface area contributed by atoms with Gasteiger partial charge in [-0.1, -0.05) is 12.1 Å². The summed E-state index contributed by atoms with van der Waals surface area (Å²) in [6.07, 6.45) is 3.90. The minimum atomic E-state index is 0.302. The van der Waals surface area contributed by atoms with Crippen LogP contribution in [0.15, 0.2) is 36.7 Å². The third-order valence-electron chi connectivity index (χ3n) is 2.99. The van der Waals surface area contributed by atoms with E-state index in [1.54, 1.807) is 7.11 Å². The van der Waals surface area contributed by atoms with E-state index >= 15 is 0 Å². The monoisotopic (exact) mass is 245 g/mol. The Morgan fingerprint density at radius 1 is 1.33 bits per heavy atom. The fourth-order valence-electron chi connectivity index (χ4n) is 1.84. The van der Waals surface area contributed by atoms with Gasteiger partial charge in [-0.2, -0.15) is 5.10 Å². The van der Waals surface area contributed by atoms with E-state index < -0.39 is 0 Å². The summed E-state index contributed by atoms with van der Waals surface area (Å²) in [6.45, 7) is 2.97. The zero-order valence-corrected chi connectivity index (χ0v) is 11.1. The van der Waals surface area contributed by atoms with Crippen LogP contribution in [0.3, 0.4) is 0 Å². The molecule has 0 spiro atoms. The maximum Gasteiger partial charge on any atom is 0.118 e. The number of rotatable bonds is 5. The SMILES string of the molecule is COc1ccc([C@H](C)NCc2cnn(C)c2)cc1. The van der Waals surface area contributed by atoms with Gasteiger partial charge in [0.25, 0.3) is 0 Å². The van der Waals surface area contributed by atoms with Gasteiger partial charge in [0.15, 0.2) is 0 Å². The first-order valence-corrected chi connectivity index (χ1v) is 6.04. The van der Waals surface area contributed by atoms with Crippen molar-refractivity contribution in [1.29, 1.82) is 0 Å². The number of aromatic nitrogens is 2. The summed E-state index contributed by atoms with van der Waals surface area (Å²) < 4.78 is 6.96. The van der Waals surface area contributed by atoms with Crippen LogP contribution in [-0.2, 0) is 13.6 Å². The maximum absolute atomic E-state index is 5.15. The highest BCUT2D eigenvalue weighted by Gasteiger charge is 2.05. The number of nitrogens with zero attached hydrogens (tertiary/aromatic N) is 2. The molecule has 0 aliphatic carbocycles. The topological polar surface area (TPSA) is 39.1 Å². The third kappa shape index (κ3) is 3.11. The van der Waals surface area contributed by atoms with E-state index in [4.69, 9.17) is 4.74 Å². The highest BCUT2D eigenvalue weighted by molar-refractivity contribution is 5.28. The molecule has 0 bridgehead atoms. The molecule has 4 nitrogen and oxygen atoms in total. The fraction of sp³-hybridized carbons (Fsp3) is 0.357. The Morgan fingerprint density at radius 3 is 2.61 bits per heavy atom. The number of nitrogens with one attached hydrogen (secondary N) is 1. The second-order valence-electron chi connectivity index (χ2n) is 4.40. The molecule has 1 heterocycles. The largest absolute Gasteiger partial charge is 0.497 e. The quantitative estimate of drug-likeness (QED) is 0.878. The van der Waals surface area contributed by atoms with Gasteiger partial charge in [0.05, 0.1) is 13.3 Å². The van der Waals surface area contributed by atoms with E-state index in [2.05, 4.69) is 29.5 Å². The van der Waals surface area contributed by atoms with Gasteiger partial charge in [0.1, 0.15) is 5.75 Å². The van der Waals surface area contributed by atoms with Gasteiger partial charge in [-0.05, 0) is 24.6 Å². The molecule has 1 atom stereocenters. The average molecular weight is 245 g/mol. The van der Waals surface area contributed by atoms with Crippen LogP contribution in [0.2, 0.25) is 0 Å². The zero-order valence-electron chi connectivity index (χ0n) is 11.1. The molecule has 2 aromatic rings. The summed E-state index contributed by atoms with van der Waals surface area (Å²) in [5, 5.41) is 7.62. The number of hydrogen-bond acceptors (Lipinski definition) is 3. The van der Waals surface area contributed by atoms with Crippen LogP contribution in [0.25, 0.3) is 0 Å². The van der Waals surface area contributed by atoms with E-state index in [0.29, 0.717) is 6.04 Å². The Labute approximate surface area is 108 Å². The minimum Gasteiger partial charge on any atom is -0.497 e. The molecule has 18 heavy (non-hydrogen) atoms. The lowest BCUT2D eigenvalue weighted by Crippen LogP contribution is -2.17. The highest BCUT2D eigenvalue weighted by atomic mass is 16.5. The van der Waals surface area contributed by atoms with Crippen molar-refractivity contribution in [2.75, 3.05) is 7.11 Å². The van der Waals surface area contributed by atoms with E-state index in [1.165, 1.54) is 11.1 Å². The van der Waals surface area contributed by atoms with Crippen molar-refractivity contribution in [2.24, 2.45) is 7.05 Å². The average Bonchev–Trinajstić information content (AvgIpc) is 2.82. The van der Waals surface area contributed by atoms with Gasteiger partial charge >= 0.3 is 0 Å². The fourth-order valence-corrected chi connectivity index (χ4v) is 1.84. The van der Waals surface area contributed by atoms with Gasteiger partial charge in [-0.15, -0.1) is 0 Å². The van der Waals surface area contributed by atoms with E-state index in [1.807, 2.05) is 36.3 Å². The maximum atomic E-state index is 5.15. The molecule has 1 N–H and O–H groups in total. The van der Waals surface area contributed by atoms with Crippen molar-refractivity contribution < 1.29 is 4.74 Å². The van der Waals surface area contributed by atoms with E-state index in [-0.39, 0.29) is 0 Å². The first kappa shape index (κ1) is 12.6. The Bertz CT molecular complexity index is 490. The van der Waals surface area contributed by atoms with Crippen LogP contribution in [0.5, 0.6) is 5.75 Å². The molecule has 2 rings (SSSR count). The molecule has 0 aliphatic rings. The Kier molecular flexibility index (Phi) is 3.99. The van der Waals surface area contributed by atoms with Crippen molar-refractivity contribution >= 4 is 0 Å². The van der Waals surface area contributed by atoms with Gasteiger partial charge < -0.3 is 10.1 Å². The summed E-state index contributed by atoms with van der Waals surface area (Å²) >= 11 is 0. The van der Waals surface area contributed by atoms with E-state index in [0.717, 1.165) is 12.3 Å². The molecule has 0 unspecified atom stereocenters. The highest BCUT2D eigenvalue weighted by Crippen LogP contribution is 2.17. The minimum absolute atomic E-state index is 0.302. The van der Waals surface area contributed by atoms with Crippen molar-refractivity contribution in [2.45, 2.75) is 19.5 Å². The normalized spacial score (nSPS) is 12.4. The second-order valence-corrected chi connectivity index (χ2v) is 4.40. The molecular weight excluding hydrogens is 226 g/mol. The van der Waals surface area contributed by atoms with Crippen molar-refractivity contribution in [3.05, 3.63) is 47.8 Å². The first-order valence-electron chi connectivity index (χ1n) is 6.04. The molecule has 0 saturated heterocycles. The first-order chi connectivity index (χ1) is 8.69. The molecule has 1 aromatic heterocycles. The molecule has 0 radical (unpaired) electrons. The lowest BCUT2D eigenvalue weighted by molar-refractivity contribution is 0.414. The molecule has 0 fully saturated rings. The summed E-state index contributed by atoms with van der Waals surface area (Å²) in [7, 11) is 3.61. The molecule has 4 heteroatoms. The molecule has 1 aromatic carbocycles. The third-order valence-corrected chi connectivity index (χ3v) is 2.99. The summed E-state index contributed by atoms with van der Waals surface area (Å²) in [5.41, 5.74) is 2.44. The van der Waals surface area contributed by atoms with Crippen molar-refractivity contribution in [3.63, 3.8) is 0 Å². The Balaban J connectivity index is 1.92. The van der Waals surface area contributed by atoms with Crippen LogP contribution in [0.1, 0.15) is 24.1 Å². The van der Waals surface area contributed by atoms with Gasteiger partial charge in [-0.3, -0.25) is 4.68 Å². The Hall–Kier alpha value is -1.81.